The Hall–Kier alpha value is -4.56. The minimum Gasteiger partial charge on any atom is -0.505 e. The lowest BCUT2D eigenvalue weighted by Crippen LogP contribution is -2.13. The van der Waals surface area contributed by atoms with Gasteiger partial charge in [0.1, 0.15) is 5.69 Å². The van der Waals surface area contributed by atoms with Crippen LogP contribution in [0.25, 0.3) is 10.8 Å². The monoisotopic (exact) mass is 486 g/mol. The topological polar surface area (TPSA) is 120 Å². The highest BCUT2D eigenvalue weighted by molar-refractivity contribution is 6.30. The lowest BCUT2D eigenvalue weighted by atomic mass is 10.0. The van der Waals surface area contributed by atoms with Gasteiger partial charge in [0.25, 0.3) is 5.91 Å². The van der Waals surface area contributed by atoms with Crippen LogP contribution in [-0.4, -0.2) is 23.7 Å². The van der Waals surface area contributed by atoms with Gasteiger partial charge in [-0.2, -0.15) is 0 Å². The van der Waals surface area contributed by atoms with Crippen molar-refractivity contribution in [3.8, 4) is 5.75 Å². The number of phenols is 1. The Morgan fingerprint density at radius 1 is 1.00 bits per heavy atom. The number of carbonyl (C=O) groups is 3. The van der Waals surface area contributed by atoms with Crippen LogP contribution >= 0.6 is 11.6 Å². The van der Waals surface area contributed by atoms with Crippen LogP contribution in [0, 0.1) is 6.92 Å². The molecule has 0 aromatic heterocycles. The SMILES string of the molecule is Cc1cc(Cl)ccc1NC(=O)c1cc2ccccc2c(N=Nc2cc(NC=O)ccc2C=O)c1O. The van der Waals surface area contributed by atoms with Crippen molar-refractivity contribution < 1.29 is 19.5 Å². The van der Waals surface area contributed by atoms with Crippen LogP contribution in [0.4, 0.5) is 22.7 Å². The number of rotatable bonds is 7. The zero-order valence-electron chi connectivity index (χ0n) is 18.4. The third-order valence-corrected chi connectivity index (χ3v) is 5.55. The molecule has 0 fully saturated rings. The second-order valence-corrected chi connectivity index (χ2v) is 8.05. The van der Waals surface area contributed by atoms with E-state index in [0.29, 0.717) is 39.9 Å². The molecule has 0 atom stereocenters. The molecule has 0 aliphatic heterocycles. The van der Waals surface area contributed by atoms with Crippen molar-refractivity contribution in [1.82, 2.24) is 0 Å². The summed E-state index contributed by atoms with van der Waals surface area (Å²) in [5, 5.41) is 26.4. The third-order valence-electron chi connectivity index (χ3n) is 5.32. The Bertz CT molecular complexity index is 1500. The van der Waals surface area contributed by atoms with Crippen molar-refractivity contribution in [3.05, 3.63) is 88.4 Å². The molecule has 3 N–H and O–H groups in total. The normalized spacial score (nSPS) is 10.9. The summed E-state index contributed by atoms with van der Waals surface area (Å²) < 4.78 is 0. The summed E-state index contributed by atoms with van der Waals surface area (Å²) in [7, 11) is 0. The minimum absolute atomic E-state index is 0.000942. The van der Waals surface area contributed by atoms with Gasteiger partial charge in [0.2, 0.25) is 6.41 Å². The van der Waals surface area contributed by atoms with Gasteiger partial charge in [-0.3, -0.25) is 14.4 Å². The molecule has 9 heteroatoms. The van der Waals surface area contributed by atoms with Crippen molar-refractivity contribution in [1.29, 1.82) is 0 Å². The maximum absolute atomic E-state index is 13.1. The molecule has 35 heavy (non-hydrogen) atoms. The van der Waals surface area contributed by atoms with Crippen molar-refractivity contribution in [2.45, 2.75) is 6.92 Å². The average Bonchev–Trinajstić information content (AvgIpc) is 2.85. The number of carbonyl (C=O) groups excluding carboxylic acids is 3. The van der Waals surface area contributed by atoms with Crippen molar-refractivity contribution in [2.75, 3.05) is 10.6 Å². The van der Waals surface area contributed by atoms with Gasteiger partial charge in [-0.05, 0) is 60.3 Å². The summed E-state index contributed by atoms with van der Waals surface area (Å²) in [6, 6.07) is 18.2. The molecular weight excluding hydrogens is 468 g/mol. The van der Waals surface area contributed by atoms with Gasteiger partial charge in [-0.1, -0.05) is 35.9 Å². The van der Waals surface area contributed by atoms with E-state index in [1.54, 1.807) is 61.5 Å². The van der Waals surface area contributed by atoms with Gasteiger partial charge in [-0.15, -0.1) is 10.2 Å². The van der Waals surface area contributed by atoms with E-state index in [1.807, 2.05) is 0 Å². The summed E-state index contributed by atoms with van der Waals surface area (Å²) in [5.41, 5.74) is 2.20. The maximum Gasteiger partial charge on any atom is 0.259 e. The molecule has 0 radical (unpaired) electrons. The predicted molar refractivity (Wildman–Crippen MR) is 135 cm³/mol. The molecule has 4 rings (SSSR count). The maximum atomic E-state index is 13.1. The van der Waals surface area contributed by atoms with Crippen LogP contribution in [0.1, 0.15) is 26.3 Å². The van der Waals surface area contributed by atoms with E-state index < -0.39 is 5.91 Å². The van der Waals surface area contributed by atoms with Crippen molar-refractivity contribution in [3.63, 3.8) is 0 Å². The van der Waals surface area contributed by atoms with Gasteiger partial charge in [-0.25, -0.2) is 0 Å². The van der Waals surface area contributed by atoms with E-state index in [2.05, 4.69) is 20.9 Å². The van der Waals surface area contributed by atoms with Gasteiger partial charge >= 0.3 is 0 Å². The van der Waals surface area contributed by atoms with Gasteiger partial charge in [0.05, 0.1) is 11.3 Å². The van der Waals surface area contributed by atoms with E-state index in [4.69, 9.17) is 11.6 Å². The number of anilines is 2. The van der Waals surface area contributed by atoms with Crippen LogP contribution in [0.5, 0.6) is 5.75 Å². The molecule has 0 heterocycles. The second-order valence-electron chi connectivity index (χ2n) is 7.61. The van der Waals surface area contributed by atoms with Crippen LogP contribution in [0.3, 0.4) is 0 Å². The zero-order chi connectivity index (χ0) is 24.9. The zero-order valence-corrected chi connectivity index (χ0v) is 19.2. The molecule has 0 unspecified atom stereocenters. The Labute approximate surface area is 205 Å². The number of hydrogen-bond donors (Lipinski definition) is 3. The van der Waals surface area contributed by atoms with Gasteiger partial charge in [0.15, 0.2) is 12.0 Å². The Kier molecular flexibility index (Phi) is 6.84. The smallest absolute Gasteiger partial charge is 0.259 e. The summed E-state index contributed by atoms with van der Waals surface area (Å²) in [4.78, 5) is 35.3. The molecule has 174 valence electrons. The van der Waals surface area contributed by atoms with Gasteiger partial charge < -0.3 is 15.7 Å². The number of amides is 2. The van der Waals surface area contributed by atoms with E-state index in [1.165, 1.54) is 12.1 Å². The number of nitrogens with one attached hydrogen (secondary N) is 2. The van der Waals surface area contributed by atoms with E-state index in [0.717, 1.165) is 5.56 Å². The molecule has 2 amide bonds. The quantitative estimate of drug-likeness (QED) is 0.202. The Morgan fingerprint density at radius 2 is 1.80 bits per heavy atom. The van der Waals surface area contributed by atoms with Gasteiger partial charge in [0, 0.05) is 27.3 Å². The summed E-state index contributed by atoms with van der Waals surface area (Å²) in [6.07, 6.45) is 1.11. The number of nitrogens with zero attached hydrogens (tertiary/aromatic N) is 2. The molecule has 8 nitrogen and oxygen atoms in total. The van der Waals surface area contributed by atoms with E-state index in [9.17, 15) is 19.5 Å². The molecule has 4 aromatic carbocycles. The molecule has 0 aliphatic carbocycles. The number of aromatic hydroxyl groups is 1. The number of azo groups is 1. The first-order valence-electron chi connectivity index (χ1n) is 10.4. The number of aryl methyl sites for hydroxylation is 1. The van der Waals surface area contributed by atoms with Crippen molar-refractivity contribution >= 4 is 63.7 Å². The predicted octanol–water partition coefficient (Wildman–Crippen LogP) is 6.56. The first-order chi connectivity index (χ1) is 16.9. The number of fused-ring (bicyclic) bond motifs is 1. The number of hydrogen-bond acceptors (Lipinski definition) is 6. The second kappa shape index (κ2) is 10.1. The number of phenolic OH excluding ortho intramolecular Hbond substituents is 1. The highest BCUT2D eigenvalue weighted by atomic mass is 35.5. The Morgan fingerprint density at radius 3 is 2.54 bits per heavy atom. The summed E-state index contributed by atoms with van der Waals surface area (Å²) in [5.74, 6) is -0.910. The molecule has 0 saturated carbocycles. The van der Waals surface area contributed by atoms with Crippen LogP contribution in [0.15, 0.2) is 77.0 Å². The highest BCUT2D eigenvalue weighted by Crippen LogP contribution is 2.40. The fraction of sp³-hybridized carbons (Fsp3) is 0.0385. The molecular formula is C26H19ClN4O4. The summed E-state index contributed by atoms with van der Waals surface area (Å²) in [6.45, 7) is 1.81. The standard InChI is InChI=1S/C26H19ClN4O4/c1-15-10-18(27)7-9-22(15)29-26(35)21-11-16-4-2-3-5-20(16)24(25(21)34)31-30-23-12-19(28-14-33)8-6-17(23)13-32/h2-14,34H,1H3,(H,28,33)(H,29,35). The average molecular weight is 487 g/mol. The molecule has 0 aliphatic rings. The largest absolute Gasteiger partial charge is 0.505 e. The molecule has 0 bridgehead atoms. The fourth-order valence-corrected chi connectivity index (χ4v) is 3.77. The van der Waals surface area contributed by atoms with E-state index in [-0.39, 0.29) is 28.3 Å². The molecule has 0 spiro atoms. The van der Waals surface area contributed by atoms with Crippen LogP contribution in [-0.2, 0) is 4.79 Å². The third kappa shape index (κ3) is 5.02. The minimum atomic E-state index is -0.541. The van der Waals surface area contributed by atoms with Crippen LogP contribution in [0.2, 0.25) is 5.02 Å². The molecule has 4 aromatic rings. The highest BCUT2D eigenvalue weighted by Gasteiger charge is 2.19. The van der Waals surface area contributed by atoms with E-state index >= 15 is 0 Å². The summed E-state index contributed by atoms with van der Waals surface area (Å²) >= 11 is 6.00. The fourth-order valence-electron chi connectivity index (χ4n) is 3.54. The lowest BCUT2D eigenvalue weighted by Gasteiger charge is -2.12. The lowest BCUT2D eigenvalue weighted by molar-refractivity contribution is -0.105. The molecule has 0 saturated heterocycles. The number of aldehydes is 1. The first-order valence-corrected chi connectivity index (χ1v) is 10.8. The van der Waals surface area contributed by atoms with Crippen molar-refractivity contribution in [2.24, 2.45) is 10.2 Å². The number of benzene rings is 4. The Balaban J connectivity index is 1.79. The first kappa shape index (κ1) is 23.6. The number of halogens is 1. The van der Waals surface area contributed by atoms with Crippen LogP contribution < -0.4 is 10.6 Å².